The number of oxime groups is 1. The number of nitrogens with zero attached hydrogens (tertiary/aromatic N) is 2. The van der Waals surface area contributed by atoms with Crippen LogP contribution in [0.25, 0.3) is 21.8 Å². The Morgan fingerprint density at radius 3 is 2.26 bits per heavy atom. The van der Waals surface area contributed by atoms with Gasteiger partial charge < -0.3 is 9.40 Å². The standard InChI is InChI=1S/C29H28N2O3/c1-5-7-12-26(30-34-20(4)32)21-13-15-27-24(17-21)25-18-22(14-16-28(25)31(27)6-2)29(33)23-11-9-8-10-19(23)3/h5,8-11,13-18H,1,6-7,12H2,2-4H3/b30-26+. The molecule has 0 saturated heterocycles. The van der Waals surface area contributed by atoms with Crippen molar-refractivity contribution in [3.63, 3.8) is 0 Å². The fourth-order valence-corrected chi connectivity index (χ4v) is 4.35. The molecule has 0 radical (unpaired) electrons. The summed E-state index contributed by atoms with van der Waals surface area (Å²) in [5, 5.41) is 6.14. The SMILES string of the molecule is C=CCC/C(=N\OC(C)=O)c1ccc2c(c1)c1cc(C(=O)c3ccccc3C)ccc1n2CC. The van der Waals surface area contributed by atoms with Crippen molar-refractivity contribution in [2.75, 3.05) is 0 Å². The van der Waals surface area contributed by atoms with Crippen LogP contribution in [0.1, 0.15) is 53.7 Å². The van der Waals surface area contributed by atoms with E-state index < -0.39 is 5.97 Å². The van der Waals surface area contributed by atoms with Gasteiger partial charge in [-0.15, -0.1) is 6.58 Å². The Morgan fingerprint density at radius 1 is 1.00 bits per heavy atom. The molecule has 0 N–H and O–H groups in total. The van der Waals surface area contributed by atoms with E-state index >= 15 is 0 Å². The quantitative estimate of drug-likeness (QED) is 0.0996. The Balaban J connectivity index is 1.88. The van der Waals surface area contributed by atoms with Crippen LogP contribution >= 0.6 is 0 Å². The van der Waals surface area contributed by atoms with E-state index in [1.54, 1.807) is 0 Å². The van der Waals surface area contributed by atoms with Crippen LogP contribution in [0, 0.1) is 6.92 Å². The highest BCUT2D eigenvalue weighted by Gasteiger charge is 2.17. The van der Waals surface area contributed by atoms with Crippen LogP contribution in [0.15, 0.2) is 78.5 Å². The fourth-order valence-electron chi connectivity index (χ4n) is 4.35. The molecule has 0 aliphatic heterocycles. The van der Waals surface area contributed by atoms with Crippen molar-refractivity contribution in [1.29, 1.82) is 0 Å². The number of allylic oxidation sites excluding steroid dienone is 1. The van der Waals surface area contributed by atoms with Gasteiger partial charge in [-0.05, 0) is 62.6 Å². The van der Waals surface area contributed by atoms with Gasteiger partial charge in [0.15, 0.2) is 5.78 Å². The first-order valence-corrected chi connectivity index (χ1v) is 11.5. The molecule has 1 aromatic heterocycles. The van der Waals surface area contributed by atoms with E-state index in [0.29, 0.717) is 29.7 Å². The predicted octanol–water partition coefficient (Wildman–Crippen LogP) is 6.59. The third-order valence-electron chi connectivity index (χ3n) is 6.04. The second-order valence-corrected chi connectivity index (χ2v) is 8.30. The van der Waals surface area contributed by atoms with Crippen molar-refractivity contribution in [3.8, 4) is 0 Å². The molecule has 0 aliphatic carbocycles. The first kappa shape index (κ1) is 23.2. The Labute approximate surface area is 199 Å². The lowest BCUT2D eigenvalue weighted by Gasteiger charge is -2.07. The van der Waals surface area contributed by atoms with Gasteiger partial charge in [-0.2, -0.15) is 0 Å². The Morgan fingerprint density at radius 2 is 1.65 bits per heavy atom. The number of hydrogen-bond donors (Lipinski definition) is 0. The van der Waals surface area contributed by atoms with Crippen LogP contribution < -0.4 is 0 Å². The summed E-state index contributed by atoms with van der Waals surface area (Å²) in [5.41, 5.74) is 6.03. The van der Waals surface area contributed by atoms with Gasteiger partial charge in [0, 0.05) is 52.0 Å². The zero-order valence-electron chi connectivity index (χ0n) is 19.8. The van der Waals surface area contributed by atoms with Gasteiger partial charge in [0.05, 0.1) is 5.71 Å². The summed E-state index contributed by atoms with van der Waals surface area (Å²) in [6.45, 7) is 9.98. The lowest BCUT2D eigenvalue weighted by atomic mass is 9.97. The molecule has 0 atom stereocenters. The molecule has 5 nitrogen and oxygen atoms in total. The molecule has 34 heavy (non-hydrogen) atoms. The summed E-state index contributed by atoms with van der Waals surface area (Å²) in [6, 6.07) is 19.7. The van der Waals surface area contributed by atoms with E-state index in [9.17, 15) is 9.59 Å². The molecule has 3 aromatic carbocycles. The van der Waals surface area contributed by atoms with Crippen LogP contribution in [-0.4, -0.2) is 22.0 Å². The first-order valence-electron chi connectivity index (χ1n) is 11.5. The molecule has 0 unspecified atom stereocenters. The molecule has 5 heteroatoms. The van der Waals surface area contributed by atoms with Crippen molar-refractivity contribution >= 4 is 39.3 Å². The highest BCUT2D eigenvalue weighted by atomic mass is 16.7. The molecule has 172 valence electrons. The van der Waals surface area contributed by atoms with Crippen molar-refractivity contribution in [2.24, 2.45) is 5.16 Å². The number of carbonyl (C=O) groups is 2. The summed E-state index contributed by atoms with van der Waals surface area (Å²) in [5.74, 6) is -0.448. The van der Waals surface area contributed by atoms with Gasteiger partial charge in [-0.1, -0.05) is 41.6 Å². The maximum atomic E-state index is 13.3. The van der Waals surface area contributed by atoms with Crippen LogP contribution in [0.5, 0.6) is 0 Å². The molecule has 4 rings (SSSR count). The van der Waals surface area contributed by atoms with E-state index in [4.69, 9.17) is 4.84 Å². The van der Waals surface area contributed by atoms with Crippen molar-refractivity contribution in [1.82, 2.24) is 4.57 Å². The maximum absolute atomic E-state index is 13.3. The molecule has 1 heterocycles. The van der Waals surface area contributed by atoms with E-state index in [1.165, 1.54) is 6.92 Å². The summed E-state index contributed by atoms with van der Waals surface area (Å²) in [6.07, 6.45) is 3.13. The van der Waals surface area contributed by atoms with Crippen LogP contribution in [0.4, 0.5) is 0 Å². The fraction of sp³-hybridized carbons (Fsp3) is 0.207. The highest BCUT2D eigenvalue weighted by Crippen LogP contribution is 2.32. The number of aryl methyl sites for hydroxylation is 2. The second-order valence-electron chi connectivity index (χ2n) is 8.30. The number of ketones is 1. The Bertz CT molecular complexity index is 1440. The summed E-state index contributed by atoms with van der Waals surface area (Å²) >= 11 is 0. The van der Waals surface area contributed by atoms with Gasteiger partial charge in [0.1, 0.15) is 0 Å². The molecule has 0 saturated carbocycles. The Hall–Kier alpha value is -3.99. The van der Waals surface area contributed by atoms with E-state index in [0.717, 1.165) is 39.5 Å². The lowest BCUT2D eigenvalue weighted by Crippen LogP contribution is -2.04. The minimum atomic E-state index is -0.459. The topological polar surface area (TPSA) is 60.7 Å². The smallest absolute Gasteiger partial charge is 0.331 e. The van der Waals surface area contributed by atoms with Crippen molar-refractivity contribution in [3.05, 3.63) is 95.6 Å². The lowest BCUT2D eigenvalue weighted by molar-refractivity contribution is -0.140. The number of benzene rings is 3. The normalized spacial score (nSPS) is 11.7. The van der Waals surface area contributed by atoms with Gasteiger partial charge >= 0.3 is 5.97 Å². The maximum Gasteiger partial charge on any atom is 0.331 e. The number of fused-ring (bicyclic) bond motifs is 3. The Kier molecular flexibility index (Phi) is 6.73. The molecule has 0 spiro atoms. The molecule has 0 amide bonds. The first-order chi connectivity index (χ1) is 16.4. The number of rotatable bonds is 8. The van der Waals surface area contributed by atoms with E-state index in [1.807, 2.05) is 61.5 Å². The monoisotopic (exact) mass is 452 g/mol. The molecular weight excluding hydrogens is 424 g/mol. The molecule has 0 aliphatic rings. The van der Waals surface area contributed by atoms with Crippen molar-refractivity contribution < 1.29 is 14.4 Å². The largest absolute Gasteiger partial charge is 0.341 e. The molecule has 0 fully saturated rings. The molecule has 0 bridgehead atoms. The zero-order valence-corrected chi connectivity index (χ0v) is 19.8. The second kappa shape index (κ2) is 9.87. The summed E-state index contributed by atoms with van der Waals surface area (Å²) < 4.78 is 2.24. The number of hydrogen-bond acceptors (Lipinski definition) is 4. The predicted molar refractivity (Wildman–Crippen MR) is 137 cm³/mol. The van der Waals surface area contributed by atoms with Gasteiger partial charge in [0.2, 0.25) is 0 Å². The van der Waals surface area contributed by atoms with Crippen molar-refractivity contribution in [2.45, 2.75) is 40.2 Å². The minimum Gasteiger partial charge on any atom is -0.341 e. The van der Waals surface area contributed by atoms with Gasteiger partial charge in [-0.3, -0.25) is 4.79 Å². The summed E-state index contributed by atoms with van der Waals surface area (Å²) in [4.78, 5) is 29.6. The van der Waals surface area contributed by atoms with Gasteiger partial charge in [-0.25, -0.2) is 4.79 Å². The minimum absolute atomic E-state index is 0.0108. The van der Waals surface area contributed by atoms with Gasteiger partial charge in [0.25, 0.3) is 0 Å². The van der Waals surface area contributed by atoms with Crippen LogP contribution in [-0.2, 0) is 16.2 Å². The van der Waals surface area contributed by atoms with E-state index in [-0.39, 0.29) is 5.78 Å². The summed E-state index contributed by atoms with van der Waals surface area (Å²) in [7, 11) is 0. The van der Waals surface area contributed by atoms with Crippen LogP contribution in [0.3, 0.4) is 0 Å². The zero-order chi connectivity index (χ0) is 24.2. The average molecular weight is 453 g/mol. The number of aromatic nitrogens is 1. The third kappa shape index (κ3) is 4.42. The highest BCUT2D eigenvalue weighted by molar-refractivity contribution is 6.16. The van der Waals surface area contributed by atoms with E-state index in [2.05, 4.69) is 35.4 Å². The number of carbonyl (C=O) groups excluding carboxylic acids is 2. The third-order valence-corrected chi connectivity index (χ3v) is 6.04. The molecule has 4 aromatic rings. The average Bonchev–Trinajstić information content (AvgIpc) is 3.16. The van der Waals surface area contributed by atoms with Crippen LogP contribution in [0.2, 0.25) is 0 Å². The molecular formula is C29H28N2O3.